The van der Waals surface area contributed by atoms with Gasteiger partial charge in [0, 0.05) is 32.9 Å². The summed E-state index contributed by atoms with van der Waals surface area (Å²) in [4.78, 5) is 10.4. The summed E-state index contributed by atoms with van der Waals surface area (Å²) in [5.41, 5.74) is 17.5. The Kier molecular flexibility index (Phi) is 7.61. The number of para-hydroxylation sites is 1. The third-order valence-corrected chi connectivity index (χ3v) is 11.8. The van der Waals surface area contributed by atoms with Crippen molar-refractivity contribution in [3.05, 3.63) is 217 Å². The maximum atomic E-state index is 6.13. The molecule has 0 fully saturated rings. The van der Waals surface area contributed by atoms with Crippen LogP contribution in [-0.4, -0.2) is 9.97 Å². The lowest BCUT2D eigenvalue weighted by atomic mass is 9.74. The molecule has 0 saturated heterocycles. The van der Waals surface area contributed by atoms with Gasteiger partial charge in [0.15, 0.2) is 5.82 Å². The molecule has 0 amide bonds. The first-order valence-electron chi connectivity index (χ1n) is 19.5. The van der Waals surface area contributed by atoms with Gasteiger partial charge in [-0.15, -0.1) is 0 Å². The summed E-state index contributed by atoms with van der Waals surface area (Å²) in [5.74, 6) is 0.691. The van der Waals surface area contributed by atoms with Gasteiger partial charge in [-0.25, -0.2) is 9.97 Å². The Labute approximate surface area is 331 Å². The van der Waals surface area contributed by atoms with Crippen molar-refractivity contribution in [3.8, 4) is 67.3 Å². The van der Waals surface area contributed by atoms with Gasteiger partial charge >= 0.3 is 0 Å². The molecule has 3 heteroatoms. The van der Waals surface area contributed by atoms with Crippen LogP contribution in [0.4, 0.5) is 0 Å². The van der Waals surface area contributed by atoms with Gasteiger partial charge in [-0.05, 0) is 87.3 Å². The average Bonchev–Trinajstić information content (AvgIpc) is 3.79. The molecule has 0 spiro atoms. The molecule has 0 aliphatic heterocycles. The Morgan fingerprint density at radius 3 is 1.70 bits per heavy atom. The Bertz CT molecular complexity index is 3090. The van der Waals surface area contributed by atoms with Gasteiger partial charge in [0.05, 0.1) is 11.4 Å². The number of hydrogen-bond acceptors (Lipinski definition) is 3. The molecular formula is C54H36N2O. The summed E-state index contributed by atoms with van der Waals surface area (Å²) in [6.07, 6.45) is 0. The minimum absolute atomic E-state index is 0.246. The molecule has 0 unspecified atom stereocenters. The number of furan rings is 1. The van der Waals surface area contributed by atoms with Crippen molar-refractivity contribution in [2.75, 3.05) is 0 Å². The van der Waals surface area contributed by atoms with Crippen LogP contribution in [0.2, 0.25) is 0 Å². The minimum Gasteiger partial charge on any atom is -0.456 e. The molecular weight excluding hydrogens is 693 g/mol. The van der Waals surface area contributed by atoms with E-state index >= 15 is 0 Å². The van der Waals surface area contributed by atoms with Crippen LogP contribution in [0.25, 0.3) is 89.2 Å². The molecule has 2 heterocycles. The van der Waals surface area contributed by atoms with E-state index in [0.29, 0.717) is 5.82 Å². The number of hydrogen-bond donors (Lipinski definition) is 0. The van der Waals surface area contributed by atoms with Gasteiger partial charge < -0.3 is 4.42 Å². The van der Waals surface area contributed by atoms with Gasteiger partial charge in [0.2, 0.25) is 0 Å². The van der Waals surface area contributed by atoms with Gasteiger partial charge in [-0.3, -0.25) is 0 Å². The van der Waals surface area contributed by atoms with Crippen molar-refractivity contribution in [2.24, 2.45) is 0 Å². The second-order valence-electron chi connectivity index (χ2n) is 15.1. The van der Waals surface area contributed by atoms with E-state index < -0.39 is 0 Å². The molecule has 0 saturated carbocycles. The average molecular weight is 729 g/mol. The first kappa shape index (κ1) is 33.0. The molecule has 57 heavy (non-hydrogen) atoms. The second-order valence-corrected chi connectivity index (χ2v) is 15.1. The monoisotopic (exact) mass is 728 g/mol. The second kappa shape index (κ2) is 13.1. The fourth-order valence-electron chi connectivity index (χ4n) is 8.92. The number of fused-ring (bicyclic) bond motifs is 6. The van der Waals surface area contributed by atoms with Crippen LogP contribution in [0.5, 0.6) is 0 Å². The van der Waals surface area contributed by atoms with Gasteiger partial charge in [-0.1, -0.05) is 170 Å². The number of rotatable bonds is 6. The summed E-state index contributed by atoms with van der Waals surface area (Å²) in [6.45, 7) is 2.36. The molecule has 0 N–H and O–H groups in total. The highest BCUT2D eigenvalue weighted by Crippen LogP contribution is 2.52. The Hall–Kier alpha value is -7.36. The van der Waals surface area contributed by atoms with Crippen LogP contribution in [0, 0.1) is 0 Å². The Morgan fingerprint density at radius 1 is 0.368 bits per heavy atom. The number of benzene rings is 8. The van der Waals surface area contributed by atoms with Crippen LogP contribution < -0.4 is 0 Å². The molecule has 1 aliphatic rings. The molecule has 10 aromatic rings. The van der Waals surface area contributed by atoms with Crippen molar-refractivity contribution in [1.29, 1.82) is 0 Å². The summed E-state index contributed by atoms with van der Waals surface area (Å²) >= 11 is 0. The van der Waals surface area contributed by atoms with Gasteiger partial charge in [0.25, 0.3) is 0 Å². The highest BCUT2D eigenvalue weighted by atomic mass is 16.3. The molecule has 0 bridgehead atoms. The van der Waals surface area contributed by atoms with Crippen LogP contribution in [-0.2, 0) is 5.41 Å². The van der Waals surface area contributed by atoms with Crippen LogP contribution in [0.15, 0.2) is 205 Å². The van der Waals surface area contributed by atoms with Crippen LogP contribution in [0.3, 0.4) is 0 Å². The number of nitrogens with zero attached hydrogens (tertiary/aromatic N) is 2. The van der Waals surface area contributed by atoms with E-state index in [4.69, 9.17) is 14.4 Å². The van der Waals surface area contributed by atoms with E-state index in [-0.39, 0.29) is 5.41 Å². The molecule has 1 aliphatic carbocycles. The zero-order chi connectivity index (χ0) is 37.9. The maximum absolute atomic E-state index is 6.13. The van der Waals surface area contributed by atoms with Gasteiger partial charge in [0.1, 0.15) is 11.2 Å². The first-order chi connectivity index (χ1) is 28.1. The topological polar surface area (TPSA) is 38.9 Å². The zero-order valence-electron chi connectivity index (χ0n) is 31.4. The standard InChI is InChI=1S/C54H36N2O/c1-54(47-23-10-7-19-42(47)43-20-8-11-24-48(43)54)40-29-26-35(27-30-40)41-18-5-6-21-44(41)50-34-49(55-53(56-50)36-14-3-2-4-15-36)39-17-13-16-37(32-39)38-28-31-52-46(33-38)45-22-9-12-25-51(45)57-52/h2-34H,1H3. The quantitative estimate of drug-likeness (QED) is 0.171. The van der Waals surface area contributed by atoms with Crippen molar-refractivity contribution < 1.29 is 4.42 Å². The number of aromatic nitrogens is 2. The summed E-state index contributed by atoms with van der Waals surface area (Å²) in [6, 6.07) is 71.1. The smallest absolute Gasteiger partial charge is 0.160 e. The van der Waals surface area contributed by atoms with E-state index in [9.17, 15) is 0 Å². The third kappa shape index (κ3) is 5.43. The molecule has 0 radical (unpaired) electrons. The fraction of sp³-hybridized carbons (Fsp3) is 0.0370. The lowest BCUT2D eigenvalue weighted by molar-refractivity contribution is 0.669. The van der Waals surface area contributed by atoms with Crippen molar-refractivity contribution in [1.82, 2.24) is 9.97 Å². The van der Waals surface area contributed by atoms with E-state index in [1.165, 1.54) is 27.8 Å². The predicted octanol–water partition coefficient (Wildman–Crippen LogP) is 14.0. The normalized spacial score (nSPS) is 12.8. The van der Waals surface area contributed by atoms with Crippen molar-refractivity contribution in [3.63, 3.8) is 0 Å². The van der Waals surface area contributed by atoms with E-state index in [2.05, 4.69) is 177 Å². The summed E-state index contributed by atoms with van der Waals surface area (Å²) < 4.78 is 6.13. The third-order valence-electron chi connectivity index (χ3n) is 11.8. The molecule has 0 atom stereocenters. The Morgan fingerprint density at radius 2 is 0.930 bits per heavy atom. The SMILES string of the molecule is CC1(c2ccc(-c3ccccc3-c3cc(-c4cccc(-c5ccc6oc7ccccc7c6c5)c4)nc(-c4ccccc4)n3)cc2)c2ccccc2-c2ccccc21. The zero-order valence-corrected chi connectivity index (χ0v) is 31.4. The lowest BCUT2D eigenvalue weighted by Gasteiger charge is -2.28. The molecule has 3 nitrogen and oxygen atoms in total. The van der Waals surface area contributed by atoms with Crippen molar-refractivity contribution in [2.45, 2.75) is 12.3 Å². The molecule has 11 rings (SSSR count). The van der Waals surface area contributed by atoms with E-state index in [1.54, 1.807) is 0 Å². The van der Waals surface area contributed by atoms with Crippen LogP contribution in [0.1, 0.15) is 23.6 Å². The lowest BCUT2D eigenvalue weighted by Crippen LogP contribution is -2.22. The highest BCUT2D eigenvalue weighted by Gasteiger charge is 2.40. The minimum atomic E-state index is -0.246. The summed E-state index contributed by atoms with van der Waals surface area (Å²) in [5, 5.41) is 2.23. The molecule has 8 aromatic carbocycles. The summed E-state index contributed by atoms with van der Waals surface area (Å²) in [7, 11) is 0. The van der Waals surface area contributed by atoms with E-state index in [1.807, 2.05) is 30.3 Å². The van der Waals surface area contributed by atoms with E-state index in [0.717, 1.165) is 72.3 Å². The Balaban J connectivity index is 1.01. The molecule has 268 valence electrons. The van der Waals surface area contributed by atoms with Crippen molar-refractivity contribution >= 4 is 21.9 Å². The van der Waals surface area contributed by atoms with Gasteiger partial charge in [-0.2, -0.15) is 0 Å². The largest absolute Gasteiger partial charge is 0.456 e. The first-order valence-corrected chi connectivity index (χ1v) is 19.5. The predicted molar refractivity (Wildman–Crippen MR) is 234 cm³/mol. The molecule has 2 aromatic heterocycles. The fourth-order valence-corrected chi connectivity index (χ4v) is 8.92. The van der Waals surface area contributed by atoms with Crippen LogP contribution >= 0.6 is 0 Å². The highest BCUT2D eigenvalue weighted by molar-refractivity contribution is 6.06. The maximum Gasteiger partial charge on any atom is 0.160 e.